The van der Waals surface area contributed by atoms with Crippen LogP contribution in [0.3, 0.4) is 0 Å². The van der Waals surface area contributed by atoms with Crippen molar-refractivity contribution < 1.29 is 29.0 Å². The normalized spacial score (nSPS) is 10.2. The quantitative estimate of drug-likeness (QED) is 0.451. The highest BCUT2D eigenvalue weighted by atomic mass is 16.5. The van der Waals surface area contributed by atoms with Crippen LogP contribution >= 0.6 is 0 Å². The maximum absolute atomic E-state index is 12.2. The maximum atomic E-state index is 12.2. The van der Waals surface area contributed by atoms with Gasteiger partial charge in [-0.15, -0.1) is 0 Å². The van der Waals surface area contributed by atoms with Gasteiger partial charge < -0.3 is 14.6 Å². The summed E-state index contributed by atoms with van der Waals surface area (Å²) in [5, 5.41) is 11.5. The van der Waals surface area contributed by atoms with Crippen molar-refractivity contribution in [1.82, 2.24) is 10.9 Å². The van der Waals surface area contributed by atoms with Gasteiger partial charge in [-0.25, -0.2) is 4.79 Å². The number of aromatic hydroxyl groups is 1. The highest BCUT2D eigenvalue weighted by Crippen LogP contribution is 2.28. The molecule has 3 N–H and O–H groups in total. The lowest BCUT2D eigenvalue weighted by atomic mass is 10.1. The number of ether oxygens (including phenoxy) is 2. The fraction of sp³-hybridized carbons (Fsp3) is 0.0952. The molecule has 3 aromatic rings. The SMILES string of the molecule is COc1ccc(C(=O)NNC(=O)COC(=O)c2ccc3ccccc3c2O)cc1. The lowest BCUT2D eigenvalue weighted by Gasteiger charge is -2.10. The molecule has 0 fully saturated rings. The second kappa shape index (κ2) is 8.75. The first-order valence-corrected chi connectivity index (χ1v) is 8.60. The van der Waals surface area contributed by atoms with Crippen molar-refractivity contribution in [2.75, 3.05) is 13.7 Å². The third kappa shape index (κ3) is 4.62. The molecule has 0 bridgehead atoms. The van der Waals surface area contributed by atoms with Crippen molar-refractivity contribution in [3.8, 4) is 11.5 Å². The van der Waals surface area contributed by atoms with Gasteiger partial charge in [0.05, 0.1) is 7.11 Å². The molecule has 148 valence electrons. The van der Waals surface area contributed by atoms with E-state index < -0.39 is 24.4 Å². The molecule has 8 nitrogen and oxygen atoms in total. The van der Waals surface area contributed by atoms with E-state index in [2.05, 4.69) is 10.9 Å². The molecule has 0 aliphatic heterocycles. The van der Waals surface area contributed by atoms with Crippen LogP contribution in [-0.4, -0.2) is 36.6 Å². The van der Waals surface area contributed by atoms with E-state index in [0.29, 0.717) is 16.7 Å². The molecule has 0 saturated carbocycles. The topological polar surface area (TPSA) is 114 Å². The van der Waals surface area contributed by atoms with Gasteiger partial charge in [-0.3, -0.25) is 20.4 Å². The van der Waals surface area contributed by atoms with Crippen LogP contribution in [0, 0.1) is 0 Å². The molecular formula is C21H18N2O6. The highest BCUT2D eigenvalue weighted by Gasteiger charge is 2.17. The number of hydrazine groups is 1. The number of benzene rings is 3. The first kappa shape index (κ1) is 19.7. The zero-order valence-electron chi connectivity index (χ0n) is 15.5. The van der Waals surface area contributed by atoms with E-state index in [1.807, 2.05) is 6.07 Å². The van der Waals surface area contributed by atoms with Crippen molar-refractivity contribution in [3.05, 3.63) is 71.8 Å². The van der Waals surface area contributed by atoms with E-state index in [1.165, 1.54) is 25.3 Å². The molecule has 0 unspecified atom stereocenters. The van der Waals surface area contributed by atoms with Gasteiger partial charge in [-0.1, -0.05) is 30.3 Å². The van der Waals surface area contributed by atoms with E-state index in [-0.39, 0.29) is 11.3 Å². The molecule has 3 rings (SSSR count). The number of hydrogen-bond donors (Lipinski definition) is 3. The van der Waals surface area contributed by atoms with Gasteiger partial charge in [-0.05, 0) is 35.7 Å². The number of phenols is 1. The summed E-state index contributed by atoms with van der Waals surface area (Å²) in [5.41, 5.74) is 4.62. The van der Waals surface area contributed by atoms with Gasteiger partial charge >= 0.3 is 5.97 Å². The lowest BCUT2D eigenvalue weighted by Crippen LogP contribution is -2.43. The van der Waals surface area contributed by atoms with E-state index in [4.69, 9.17) is 9.47 Å². The molecule has 0 spiro atoms. The summed E-state index contributed by atoms with van der Waals surface area (Å²) in [5.74, 6) is -1.76. The molecule has 0 aromatic heterocycles. The summed E-state index contributed by atoms with van der Waals surface area (Å²) in [6.45, 7) is -0.631. The van der Waals surface area contributed by atoms with E-state index in [0.717, 1.165) is 5.39 Å². The van der Waals surface area contributed by atoms with Crippen molar-refractivity contribution in [2.24, 2.45) is 0 Å². The molecule has 2 amide bonds. The van der Waals surface area contributed by atoms with Gasteiger partial charge in [0.15, 0.2) is 6.61 Å². The number of phenolic OH excluding ortho intramolecular Hbond substituents is 1. The van der Waals surface area contributed by atoms with Gasteiger partial charge in [0.1, 0.15) is 17.1 Å². The van der Waals surface area contributed by atoms with Crippen molar-refractivity contribution in [1.29, 1.82) is 0 Å². The molecule has 0 aliphatic rings. The van der Waals surface area contributed by atoms with Gasteiger partial charge in [0.25, 0.3) is 11.8 Å². The number of esters is 1. The van der Waals surface area contributed by atoms with Crippen molar-refractivity contribution >= 4 is 28.6 Å². The smallest absolute Gasteiger partial charge is 0.342 e. The fourth-order valence-electron chi connectivity index (χ4n) is 2.61. The van der Waals surface area contributed by atoms with Crippen LogP contribution in [0.15, 0.2) is 60.7 Å². The second-order valence-electron chi connectivity index (χ2n) is 5.99. The van der Waals surface area contributed by atoms with E-state index in [1.54, 1.807) is 36.4 Å². The zero-order chi connectivity index (χ0) is 20.8. The molecule has 0 heterocycles. The zero-order valence-corrected chi connectivity index (χ0v) is 15.5. The Morgan fingerprint density at radius 3 is 2.38 bits per heavy atom. The van der Waals surface area contributed by atoms with E-state index in [9.17, 15) is 19.5 Å². The van der Waals surface area contributed by atoms with Crippen LogP contribution in [-0.2, 0) is 9.53 Å². The number of carbonyl (C=O) groups is 3. The lowest BCUT2D eigenvalue weighted by molar-refractivity contribution is -0.125. The molecular weight excluding hydrogens is 376 g/mol. The first-order valence-electron chi connectivity index (χ1n) is 8.60. The van der Waals surface area contributed by atoms with E-state index >= 15 is 0 Å². The van der Waals surface area contributed by atoms with Crippen LogP contribution in [0.1, 0.15) is 20.7 Å². The maximum Gasteiger partial charge on any atom is 0.342 e. The van der Waals surface area contributed by atoms with Gasteiger partial charge in [0, 0.05) is 10.9 Å². The second-order valence-corrected chi connectivity index (χ2v) is 5.99. The van der Waals surface area contributed by atoms with Crippen molar-refractivity contribution in [2.45, 2.75) is 0 Å². The highest BCUT2D eigenvalue weighted by molar-refractivity contribution is 6.01. The Kier molecular flexibility index (Phi) is 5.94. The third-order valence-electron chi connectivity index (χ3n) is 4.12. The average molecular weight is 394 g/mol. The predicted octanol–water partition coefficient (Wildman–Crippen LogP) is 2.17. The molecule has 8 heteroatoms. The van der Waals surface area contributed by atoms with Crippen LogP contribution in [0.25, 0.3) is 10.8 Å². The van der Waals surface area contributed by atoms with Crippen LogP contribution in [0.4, 0.5) is 0 Å². The number of fused-ring (bicyclic) bond motifs is 1. The molecule has 0 atom stereocenters. The Balaban J connectivity index is 1.53. The van der Waals surface area contributed by atoms with Crippen LogP contribution < -0.4 is 15.6 Å². The van der Waals surface area contributed by atoms with Crippen molar-refractivity contribution in [3.63, 3.8) is 0 Å². The van der Waals surface area contributed by atoms with Gasteiger partial charge in [0.2, 0.25) is 0 Å². The Morgan fingerprint density at radius 1 is 0.931 bits per heavy atom. The minimum absolute atomic E-state index is 0.0567. The Bertz CT molecular complexity index is 1060. The largest absolute Gasteiger partial charge is 0.506 e. The summed E-state index contributed by atoms with van der Waals surface area (Å²) >= 11 is 0. The molecule has 3 aromatic carbocycles. The minimum Gasteiger partial charge on any atom is -0.506 e. The number of nitrogens with one attached hydrogen (secondary N) is 2. The minimum atomic E-state index is -0.857. The molecule has 0 radical (unpaired) electrons. The Labute approximate surface area is 166 Å². The van der Waals surface area contributed by atoms with Crippen LogP contribution in [0.2, 0.25) is 0 Å². The number of hydrogen-bond acceptors (Lipinski definition) is 6. The number of amides is 2. The summed E-state index contributed by atoms with van der Waals surface area (Å²) in [7, 11) is 1.51. The van der Waals surface area contributed by atoms with Gasteiger partial charge in [-0.2, -0.15) is 0 Å². The number of methoxy groups -OCH3 is 1. The molecule has 29 heavy (non-hydrogen) atoms. The number of rotatable bonds is 5. The summed E-state index contributed by atoms with van der Waals surface area (Å²) in [6, 6.07) is 16.4. The Hall–Kier alpha value is -4.07. The first-order chi connectivity index (χ1) is 14.0. The molecule has 0 aliphatic carbocycles. The number of carbonyl (C=O) groups excluding carboxylic acids is 3. The summed E-state index contributed by atoms with van der Waals surface area (Å²) in [4.78, 5) is 36.0. The standard InChI is InChI=1S/C21H18N2O6/c1-28-15-9-6-14(7-10-15)20(26)23-22-18(24)12-29-21(27)17-11-8-13-4-2-3-5-16(13)19(17)25/h2-11,25H,12H2,1H3,(H,22,24)(H,23,26). The summed E-state index contributed by atoms with van der Waals surface area (Å²) < 4.78 is 9.91. The fourth-order valence-corrected chi connectivity index (χ4v) is 2.61. The average Bonchev–Trinajstić information content (AvgIpc) is 2.76. The monoisotopic (exact) mass is 394 g/mol. The summed E-state index contributed by atoms with van der Waals surface area (Å²) in [6.07, 6.45) is 0. The van der Waals surface area contributed by atoms with Crippen LogP contribution in [0.5, 0.6) is 11.5 Å². The Morgan fingerprint density at radius 2 is 1.66 bits per heavy atom. The predicted molar refractivity (Wildman–Crippen MR) is 104 cm³/mol. The molecule has 0 saturated heterocycles. The third-order valence-corrected chi connectivity index (χ3v) is 4.12.